The van der Waals surface area contributed by atoms with Gasteiger partial charge in [0.1, 0.15) is 0 Å². The maximum absolute atomic E-state index is 12.5. The zero-order valence-electron chi connectivity index (χ0n) is 12.5. The first-order chi connectivity index (χ1) is 10.6. The van der Waals surface area contributed by atoms with Gasteiger partial charge in [-0.25, -0.2) is 13.1 Å². The number of nitrogens with zero attached hydrogens (tertiary/aromatic N) is 1. The molecule has 0 aliphatic heterocycles. The molecule has 0 atom stereocenters. The molecule has 0 fully saturated rings. The number of hydrogen-bond donors (Lipinski definition) is 1. The molecule has 0 unspecified atom stereocenters. The minimum Gasteiger partial charge on any atom is -0.258 e. The third-order valence-electron chi connectivity index (χ3n) is 3.31. The number of nitro benzene ring substituents is 1. The maximum atomic E-state index is 12.5. The summed E-state index contributed by atoms with van der Waals surface area (Å²) in [6.45, 7) is 3.50. The summed E-state index contributed by atoms with van der Waals surface area (Å²) < 4.78 is 28.5. The lowest BCUT2D eigenvalue weighted by Crippen LogP contribution is -2.40. The van der Waals surface area contributed by atoms with Gasteiger partial charge in [-0.3, -0.25) is 10.1 Å². The van der Waals surface area contributed by atoms with E-state index in [2.05, 4.69) is 20.7 Å². The topological polar surface area (TPSA) is 89.3 Å². The van der Waals surface area contributed by atoms with E-state index in [-0.39, 0.29) is 10.6 Å². The molecule has 0 aromatic heterocycles. The third-order valence-corrected chi connectivity index (χ3v) is 5.51. The van der Waals surface area contributed by atoms with Crippen molar-refractivity contribution in [2.75, 3.05) is 0 Å². The number of halogens is 1. The molecule has 2 rings (SSSR count). The van der Waals surface area contributed by atoms with E-state index >= 15 is 0 Å². The smallest absolute Gasteiger partial charge is 0.258 e. The molecule has 0 aliphatic carbocycles. The largest absolute Gasteiger partial charge is 0.269 e. The van der Waals surface area contributed by atoms with E-state index < -0.39 is 20.5 Å². The van der Waals surface area contributed by atoms with Crippen molar-refractivity contribution in [1.82, 2.24) is 4.72 Å². The molecule has 0 spiro atoms. The number of rotatable bonds is 5. The fraction of sp³-hybridized carbons (Fsp3) is 0.200. The van der Waals surface area contributed by atoms with Crippen LogP contribution in [0.4, 0.5) is 5.69 Å². The first-order valence-corrected chi connectivity index (χ1v) is 8.94. The van der Waals surface area contributed by atoms with Gasteiger partial charge in [0.25, 0.3) is 5.69 Å². The molecular weight excluding hydrogens is 384 g/mol. The van der Waals surface area contributed by atoms with Gasteiger partial charge in [-0.15, -0.1) is 0 Å². The summed E-state index contributed by atoms with van der Waals surface area (Å²) in [6.07, 6.45) is 0. The lowest BCUT2D eigenvalue weighted by atomic mass is 9.96. The monoisotopic (exact) mass is 398 g/mol. The molecule has 0 saturated heterocycles. The van der Waals surface area contributed by atoms with Crippen LogP contribution in [0.3, 0.4) is 0 Å². The van der Waals surface area contributed by atoms with E-state index in [9.17, 15) is 18.5 Å². The Kier molecular flexibility index (Phi) is 4.88. The van der Waals surface area contributed by atoms with Crippen LogP contribution in [0, 0.1) is 10.1 Å². The van der Waals surface area contributed by atoms with Crippen LogP contribution in [-0.2, 0) is 15.6 Å². The molecule has 6 nitrogen and oxygen atoms in total. The van der Waals surface area contributed by atoms with Gasteiger partial charge >= 0.3 is 0 Å². The van der Waals surface area contributed by atoms with E-state index in [1.165, 1.54) is 24.3 Å². The molecule has 2 aromatic carbocycles. The maximum Gasteiger partial charge on any atom is 0.269 e. The van der Waals surface area contributed by atoms with Crippen LogP contribution in [0.15, 0.2) is 57.9 Å². The van der Waals surface area contributed by atoms with Gasteiger partial charge in [0, 0.05) is 16.6 Å². The lowest BCUT2D eigenvalue weighted by Gasteiger charge is -2.26. The molecule has 1 N–H and O–H groups in total. The average molecular weight is 399 g/mol. The average Bonchev–Trinajstić information content (AvgIpc) is 2.46. The van der Waals surface area contributed by atoms with Crippen molar-refractivity contribution in [3.05, 3.63) is 68.7 Å². The first kappa shape index (κ1) is 17.6. The predicted molar refractivity (Wildman–Crippen MR) is 90.6 cm³/mol. The Morgan fingerprint density at radius 3 is 2.04 bits per heavy atom. The zero-order valence-corrected chi connectivity index (χ0v) is 14.9. The Morgan fingerprint density at radius 1 is 1.04 bits per heavy atom. The highest BCUT2D eigenvalue weighted by Gasteiger charge is 2.28. The van der Waals surface area contributed by atoms with Crippen molar-refractivity contribution in [3.8, 4) is 0 Å². The number of non-ortho nitro benzene ring substituents is 1. The van der Waals surface area contributed by atoms with Gasteiger partial charge in [-0.05, 0) is 43.7 Å². The lowest BCUT2D eigenvalue weighted by molar-refractivity contribution is -0.384. The molecular formula is C15H15BrN2O4S. The molecule has 2 aromatic rings. The van der Waals surface area contributed by atoms with Crippen LogP contribution in [0.1, 0.15) is 19.4 Å². The van der Waals surface area contributed by atoms with Crippen molar-refractivity contribution >= 4 is 31.6 Å². The second-order valence-corrected chi connectivity index (χ2v) is 8.09. The Bertz CT molecular complexity index is 816. The molecule has 8 heteroatoms. The van der Waals surface area contributed by atoms with Crippen LogP contribution in [0.5, 0.6) is 0 Å². The van der Waals surface area contributed by atoms with Gasteiger partial charge in [0.15, 0.2) is 0 Å². The van der Waals surface area contributed by atoms with Crippen molar-refractivity contribution in [2.24, 2.45) is 0 Å². The summed E-state index contributed by atoms with van der Waals surface area (Å²) in [5, 5.41) is 10.6. The predicted octanol–water partition coefficient (Wildman–Crippen LogP) is 3.57. The van der Waals surface area contributed by atoms with E-state index in [1.54, 1.807) is 13.8 Å². The minimum absolute atomic E-state index is 0.0201. The zero-order chi connectivity index (χ0) is 17.3. The molecule has 0 amide bonds. The number of hydrogen-bond acceptors (Lipinski definition) is 4. The summed E-state index contributed by atoms with van der Waals surface area (Å²) in [5.41, 5.74) is -0.191. The number of nitro groups is 1. The first-order valence-electron chi connectivity index (χ1n) is 6.66. The van der Waals surface area contributed by atoms with Crippen molar-refractivity contribution in [1.29, 1.82) is 0 Å². The standard InChI is InChI=1S/C15H15BrN2O4S/c1-15(2,11-3-5-12(16)6-4-11)17-23(21,22)14-9-7-13(8-10-14)18(19)20/h3-10,17H,1-2H3. The molecule has 122 valence electrons. The summed E-state index contributed by atoms with van der Waals surface area (Å²) in [7, 11) is -3.80. The Labute approximate surface area is 142 Å². The Balaban J connectivity index is 2.29. The quantitative estimate of drug-likeness (QED) is 0.615. The molecule has 0 radical (unpaired) electrons. The fourth-order valence-electron chi connectivity index (χ4n) is 2.07. The highest BCUT2D eigenvalue weighted by Crippen LogP contribution is 2.25. The van der Waals surface area contributed by atoms with E-state index in [1.807, 2.05) is 24.3 Å². The molecule has 0 saturated carbocycles. The highest BCUT2D eigenvalue weighted by atomic mass is 79.9. The van der Waals surface area contributed by atoms with Crippen LogP contribution in [-0.4, -0.2) is 13.3 Å². The van der Waals surface area contributed by atoms with Crippen LogP contribution in [0.2, 0.25) is 0 Å². The van der Waals surface area contributed by atoms with Gasteiger partial charge in [-0.1, -0.05) is 28.1 Å². The number of benzene rings is 2. The van der Waals surface area contributed by atoms with Crippen molar-refractivity contribution in [2.45, 2.75) is 24.3 Å². The molecule has 23 heavy (non-hydrogen) atoms. The normalized spacial score (nSPS) is 12.1. The summed E-state index contributed by atoms with van der Waals surface area (Å²) in [6, 6.07) is 12.1. The highest BCUT2D eigenvalue weighted by molar-refractivity contribution is 9.10. The number of sulfonamides is 1. The Hall–Kier alpha value is -1.77. The van der Waals surface area contributed by atoms with E-state index in [4.69, 9.17) is 0 Å². The minimum atomic E-state index is -3.80. The van der Waals surface area contributed by atoms with Crippen LogP contribution < -0.4 is 4.72 Å². The van der Waals surface area contributed by atoms with Crippen molar-refractivity contribution in [3.63, 3.8) is 0 Å². The number of nitrogens with one attached hydrogen (secondary N) is 1. The molecule has 0 aliphatic rings. The molecule has 0 heterocycles. The summed E-state index contributed by atoms with van der Waals surface area (Å²) in [5.74, 6) is 0. The van der Waals surface area contributed by atoms with Crippen molar-refractivity contribution < 1.29 is 13.3 Å². The van der Waals surface area contributed by atoms with Gasteiger partial charge < -0.3 is 0 Å². The van der Waals surface area contributed by atoms with E-state index in [0.717, 1.165) is 10.0 Å². The van der Waals surface area contributed by atoms with Crippen LogP contribution in [0.25, 0.3) is 0 Å². The van der Waals surface area contributed by atoms with Gasteiger partial charge in [-0.2, -0.15) is 0 Å². The van der Waals surface area contributed by atoms with Gasteiger partial charge in [0.05, 0.1) is 15.4 Å². The van der Waals surface area contributed by atoms with E-state index in [0.29, 0.717) is 0 Å². The molecule has 0 bridgehead atoms. The third kappa shape index (κ3) is 4.15. The van der Waals surface area contributed by atoms with Gasteiger partial charge in [0.2, 0.25) is 10.0 Å². The second-order valence-electron chi connectivity index (χ2n) is 5.49. The second kappa shape index (κ2) is 6.38. The summed E-state index contributed by atoms with van der Waals surface area (Å²) >= 11 is 3.34. The fourth-order valence-corrected chi connectivity index (χ4v) is 3.73. The summed E-state index contributed by atoms with van der Waals surface area (Å²) in [4.78, 5) is 10.0. The SMILES string of the molecule is CC(C)(NS(=O)(=O)c1ccc([N+](=O)[O-])cc1)c1ccc(Br)cc1. The van der Waals surface area contributed by atoms with Crippen LogP contribution >= 0.6 is 15.9 Å². The Morgan fingerprint density at radius 2 is 1.57 bits per heavy atom.